The Balaban J connectivity index is 1.96. The topological polar surface area (TPSA) is 43.6 Å². The summed E-state index contributed by atoms with van der Waals surface area (Å²) in [6.07, 6.45) is 0.987. The SMILES string of the molecule is COc1cc(CNC(C)CC(C)(C)c2ccc(C)o2)cc(OC)c1. The van der Waals surface area contributed by atoms with Crippen LogP contribution in [0.1, 0.15) is 44.3 Å². The predicted octanol–water partition coefficient (Wildman–Crippen LogP) is 4.45. The average molecular weight is 331 g/mol. The molecule has 1 aromatic carbocycles. The van der Waals surface area contributed by atoms with Crippen LogP contribution in [-0.4, -0.2) is 20.3 Å². The van der Waals surface area contributed by atoms with E-state index in [9.17, 15) is 0 Å². The van der Waals surface area contributed by atoms with E-state index in [2.05, 4.69) is 32.2 Å². The molecule has 0 aliphatic carbocycles. The van der Waals surface area contributed by atoms with Crippen LogP contribution in [0.4, 0.5) is 0 Å². The molecule has 0 spiro atoms. The number of hydrogen-bond acceptors (Lipinski definition) is 4. The number of hydrogen-bond donors (Lipinski definition) is 1. The lowest BCUT2D eigenvalue weighted by Gasteiger charge is -2.27. The van der Waals surface area contributed by atoms with Crippen molar-refractivity contribution in [2.45, 2.75) is 52.1 Å². The Labute approximate surface area is 145 Å². The van der Waals surface area contributed by atoms with Gasteiger partial charge < -0.3 is 19.2 Å². The number of aryl methyl sites for hydroxylation is 1. The minimum atomic E-state index is -0.00720. The van der Waals surface area contributed by atoms with Gasteiger partial charge in [0.05, 0.1) is 14.2 Å². The van der Waals surface area contributed by atoms with Gasteiger partial charge in [-0.3, -0.25) is 0 Å². The molecule has 1 unspecified atom stereocenters. The van der Waals surface area contributed by atoms with Crippen molar-refractivity contribution in [2.75, 3.05) is 14.2 Å². The molecule has 1 aromatic heterocycles. The van der Waals surface area contributed by atoms with Crippen LogP contribution >= 0.6 is 0 Å². The molecule has 0 radical (unpaired) electrons. The number of furan rings is 1. The lowest BCUT2D eigenvalue weighted by atomic mass is 9.83. The molecule has 0 bridgehead atoms. The van der Waals surface area contributed by atoms with Crippen molar-refractivity contribution < 1.29 is 13.9 Å². The Hall–Kier alpha value is -1.94. The first kappa shape index (κ1) is 18.4. The molecule has 0 saturated heterocycles. The van der Waals surface area contributed by atoms with E-state index in [4.69, 9.17) is 13.9 Å². The third kappa shape index (κ3) is 4.78. The van der Waals surface area contributed by atoms with Crippen molar-refractivity contribution in [2.24, 2.45) is 0 Å². The second-order valence-electron chi connectivity index (χ2n) is 7.00. The van der Waals surface area contributed by atoms with Gasteiger partial charge in [0.25, 0.3) is 0 Å². The zero-order chi connectivity index (χ0) is 17.7. The smallest absolute Gasteiger partial charge is 0.122 e. The zero-order valence-corrected chi connectivity index (χ0v) is 15.6. The summed E-state index contributed by atoms with van der Waals surface area (Å²) in [4.78, 5) is 0. The van der Waals surface area contributed by atoms with Crippen molar-refractivity contribution in [3.05, 3.63) is 47.4 Å². The molecule has 2 rings (SSSR count). The average Bonchev–Trinajstić information content (AvgIpc) is 2.99. The van der Waals surface area contributed by atoms with E-state index in [0.717, 1.165) is 41.5 Å². The minimum absolute atomic E-state index is 0.00720. The summed E-state index contributed by atoms with van der Waals surface area (Å²) < 4.78 is 16.5. The first-order valence-electron chi connectivity index (χ1n) is 8.36. The normalized spacial score (nSPS) is 12.9. The monoisotopic (exact) mass is 331 g/mol. The molecular weight excluding hydrogens is 302 g/mol. The van der Waals surface area contributed by atoms with Gasteiger partial charge >= 0.3 is 0 Å². The van der Waals surface area contributed by atoms with Gasteiger partial charge in [-0.25, -0.2) is 0 Å². The van der Waals surface area contributed by atoms with Crippen LogP contribution in [0.2, 0.25) is 0 Å². The van der Waals surface area contributed by atoms with Crippen LogP contribution in [0.3, 0.4) is 0 Å². The summed E-state index contributed by atoms with van der Waals surface area (Å²) in [5.41, 5.74) is 1.14. The number of rotatable bonds is 8. The maximum absolute atomic E-state index is 5.81. The Kier molecular flexibility index (Phi) is 5.94. The molecular formula is C20H29NO3. The molecule has 1 atom stereocenters. The Morgan fingerprint density at radius 2 is 1.71 bits per heavy atom. The molecule has 0 amide bonds. The fourth-order valence-electron chi connectivity index (χ4n) is 3.00. The fraction of sp³-hybridized carbons (Fsp3) is 0.500. The van der Waals surface area contributed by atoms with Crippen molar-refractivity contribution in [3.63, 3.8) is 0 Å². The van der Waals surface area contributed by atoms with Crippen molar-refractivity contribution in [1.82, 2.24) is 5.32 Å². The maximum atomic E-state index is 5.81. The van der Waals surface area contributed by atoms with Crippen LogP contribution in [0.15, 0.2) is 34.7 Å². The number of ether oxygens (including phenoxy) is 2. The second-order valence-corrected chi connectivity index (χ2v) is 7.00. The van der Waals surface area contributed by atoms with E-state index < -0.39 is 0 Å². The third-order valence-corrected chi connectivity index (χ3v) is 4.29. The molecule has 0 aliphatic rings. The van der Waals surface area contributed by atoms with Gasteiger partial charge in [-0.1, -0.05) is 13.8 Å². The van der Waals surface area contributed by atoms with Gasteiger partial charge in [0.2, 0.25) is 0 Å². The van der Waals surface area contributed by atoms with Crippen LogP contribution < -0.4 is 14.8 Å². The third-order valence-electron chi connectivity index (χ3n) is 4.29. The van der Waals surface area contributed by atoms with Crippen LogP contribution in [0.5, 0.6) is 11.5 Å². The van der Waals surface area contributed by atoms with Crippen LogP contribution in [-0.2, 0) is 12.0 Å². The Morgan fingerprint density at radius 3 is 2.21 bits per heavy atom. The molecule has 4 nitrogen and oxygen atoms in total. The highest BCUT2D eigenvalue weighted by atomic mass is 16.5. The fourth-order valence-corrected chi connectivity index (χ4v) is 3.00. The lowest BCUT2D eigenvalue weighted by Crippen LogP contribution is -2.32. The maximum Gasteiger partial charge on any atom is 0.122 e. The van der Waals surface area contributed by atoms with Gasteiger partial charge in [0, 0.05) is 24.1 Å². The summed E-state index contributed by atoms with van der Waals surface area (Å²) in [5.74, 6) is 3.62. The highest BCUT2D eigenvalue weighted by Gasteiger charge is 2.26. The van der Waals surface area contributed by atoms with Crippen molar-refractivity contribution in [3.8, 4) is 11.5 Å². The first-order valence-corrected chi connectivity index (χ1v) is 8.36. The van der Waals surface area contributed by atoms with Gasteiger partial charge in [0.1, 0.15) is 23.0 Å². The molecule has 0 saturated carbocycles. The molecule has 2 aromatic rings. The van der Waals surface area contributed by atoms with Crippen molar-refractivity contribution in [1.29, 1.82) is 0 Å². The summed E-state index contributed by atoms with van der Waals surface area (Å²) in [6.45, 7) is 9.39. The quantitative estimate of drug-likeness (QED) is 0.776. The lowest BCUT2D eigenvalue weighted by molar-refractivity contribution is 0.319. The molecule has 0 aliphatic heterocycles. The van der Waals surface area contributed by atoms with E-state index in [1.807, 2.05) is 31.2 Å². The molecule has 4 heteroatoms. The van der Waals surface area contributed by atoms with Crippen LogP contribution in [0, 0.1) is 6.92 Å². The molecule has 24 heavy (non-hydrogen) atoms. The standard InChI is InChI=1S/C20H29NO3/c1-14(12-20(3,4)19-8-7-15(2)24-19)21-13-16-9-17(22-5)11-18(10-16)23-6/h7-11,14,21H,12-13H2,1-6H3. The summed E-state index contributed by atoms with van der Waals surface area (Å²) in [7, 11) is 3.34. The number of nitrogens with one attached hydrogen (secondary N) is 1. The highest BCUT2D eigenvalue weighted by Crippen LogP contribution is 2.30. The first-order chi connectivity index (χ1) is 11.3. The highest BCUT2D eigenvalue weighted by molar-refractivity contribution is 5.38. The Bertz CT molecular complexity index is 638. The number of benzene rings is 1. The minimum Gasteiger partial charge on any atom is -0.497 e. The molecule has 0 fully saturated rings. The van der Waals surface area contributed by atoms with Crippen molar-refractivity contribution >= 4 is 0 Å². The molecule has 1 heterocycles. The summed E-state index contributed by atoms with van der Waals surface area (Å²) >= 11 is 0. The van der Waals surface area contributed by atoms with E-state index >= 15 is 0 Å². The van der Waals surface area contributed by atoms with Crippen LogP contribution in [0.25, 0.3) is 0 Å². The number of methoxy groups -OCH3 is 2. The molecule has 1 N–H and O–H groups in total. The van der Waals surface area contributed by atoms with Gasteiger partial charge in [-0.2, -0.15) is 0 Å². The Morgan fingerprint density at radius 1 is 1.08 bits per heavy atom. The largest absolute Gasteiger partial charge is 0.497 e. The van der Waals surface area contributed by atoms with E-state index in [1.165, 1.54) is 0 Å². The van der Waals surface area contributed by atoms with E-state index in [1.54, 1.807) is 14.2 Å². The van der Waals surface area contributed by atoms with Gasteiger partial charge in [0.15, 0.2) is 0 Å². The predicted molar refractivity (Wildman–Crippen MR) is 96.9 cm³/mol. The van der Waals surface area contributed by atoms with Gasteiger partial charge in [-0.05, 0) is 50.1 Å². The second kappa shape index (κ2) is 7.75. The summed E-state index contributed by atoms with van der Waals surface area (Å²) in [5, 5.41) is 3.58. The zero-order valence-electron chi connectivity index (χ0n) is 15.6. The van der Waals surface area contributed by atoms with Gasteiger partial charge in [-0.15, -0.1) is 0 Å². The summed E-state index contributed by atoms with van der Waals surface area (Å²) in [6, 6.07) is 10.4. The molecule has 132 valence electrons. The van der Waals surface area contributed by atoms with E-state index in [0.29, 0.717) is 6.04 Å². The van der Waals surface area contributed by atoms with E-state index in [-0.39, 0.29) is 5.41 Å².